The van der Waals surface area contributed by atoms with Crippen molar-refractivity contribution >= 4 is 26.7 Å². The van der Waals surface area contributed by atoms with E-state index in [1.807, 2.05) is 13.0 Å². The van der Waals surface area contributed by atoms with Gasteiger partial charge < -0.3 is 18.8 Å². The van der Waals surface area contributed by atoms with Crippen LogP contribution >= 0.6 is 0 Å². The maximum absolute atomic E-state index is 13.7. The van der Waals surface area contributed by atoms with E-state index < -0.39 is 27.8 Å². The van der Waals surface area contributed by atoms with Gasteiger partial charge in [0.2, 0.25) is 5.76 Å². The van der Waals surface area contributed by atoms with Crippen LogP contribution in [0.25, 0.3) is 11.0 Å². The van der Waals surface area contributed by atoms with Crippen molar-refractivity contribution < 1.29 is 27.1 Å². The minimum Gasteiger partial charge on any atom is -0.493 e. The zero-order chi connectivity index (χ0) is 23.5. The molecule has 5 rings (SSSR count). The molecule has 0 radical (unpaired) electrons. The van der Waals surface area contributed by atoms with E-state index in [2.05, 4.69) is 0 Å². The summed E-state index contributed by atoms with van der Waals surface area (Å²) in [6.45, 7) is 1.87. The first-order chi connectivity index (χ1) is 15.7. The van der Waals surface area contributed by atoms with Crippen LogP contribution in [-0.4, -0.2) is 51.0 Å². The molecule has 0 spiro atoms. The number of aryl methyl sites for hydroxylation is 1. The Bertz CT molecular complexity index is 1460. The lowest BCUT2D eigenvalue weighted by Gasteiger charge is -2.30. The number of fused-ring (bicyclic) bond motifs is 2. The third-order valence-electron chi connectivity index (χ3n) is 6.39. The van der Waals surface area contributed by atoms with Gasteiger partial charge >= 0.3 is 0 Å². The van der Waals surface area contributed by atoms with E-state index in [0.717, 1.165) is 5.56 Å². The first-order valence-corrected chi connectivity index (χ1v) is 12.4. The van der Waals surface area contributed by atoms with E-state index in [1.165, 1.54) is 19.1 Å². The second-order valence-corrected chi connectivity index (χ2v) is 10.7. The average Bonchev–Trinajstić information content (AvgIpc) is 3.30. The number of amides is 1. The van der Waals surface area contributed by atoms with Crippen molar-refractivity contribution in [1.29, 1.82) is 0 Å². The molecule has 9 heteroatoms. The van der Waals surface area contributed by atoms with Crippen molar-refractivity contribution in [3.8, 4) is 11.5 Å². The highest BCUT2D eigenvalue weighted by atomic mass is 32.2. The van der Waals surface area contributed by atoms with Crippen molar-refractivity contribution in [2.24, 2.45) is 0 Å². The second-order valence-electron chi connectivity index (χ2n) is 8.46. The summed E-state index contributed by atoms with van der Waals surface area (Å²) in [6, 6.07) is 9.03. The fourth-order valence-electron chi connectivity index (χ4n) is 4.83. The maximum atomic E-state index is 13.7. The van der Waals surface area contributed by atoms with Crippen LogP contribution in [0.3, 0.4) is 0 Å². The zero-order valence-electron chi connectivity index (χ0n) is 18.5. The Hall–Kier alpha value is -3.33. The summed E-state index contributed by atoms with van der Waals surface area (Å²) >= 11 is 0. The number of hydrogen-bond donors (Lipinski definition) is 0. The molecule has 1 saturated heterocycles. The Labute approximate surface area is 190 Å². The fourth-order valence-corrected chi connectivity index (χ4v) is 6.54. The molecule has 3 heterocycles. The molecule has 0 aliphatic carbocycles. The molecule has 0 bridgehead atoms. The fraction of sp³-hybridized carbons (Fsp3) is 0.333. The smallest absolute Gasteiger partial charge is 0.291 e. The topological polar surface area (TPSA) is 103 Å². The molecule has 2 aromatic carbocycles. The van der Waals surface area contributed by atoms with Crippen LogP contribution in [0.15, 0.2) is 45.6 Å². The van der Waals surface area contributed by atoms with E-state index in [9.17, 15) is 18.0 Å². The molecule has 1 aromatic heterocycles. The molecule has 2 unspecified atom stereocenters. The van der Waals surface area contributed by atoms with Gasteiger partial charge in [-0.15, -0.1) is 0 Å². The number of rotatable bonds is 4. The highest BCUT2D eigenvalue weighted by Gasteiger charge is 2.48. The summed E-state index contributed by atoms with van der Waals surface area (Å²) in [6.07, 6.45) is 0.304. The Morgan fingerprint density at radius 2 is 1.79 bits per heavy atom. The Morgan fingerprint density at radius 1 is 1.03 bits per heavy atom. The molecule has 1 amide bonds. The van der Waals surface area contributed by atoms with Gasteiger partial charge in [0.1, 0.15) is 5.58 Å². The molecular formula is C24H23NO7S. The standard InChI is InChI=1S/C24H23NO7S/c1-13-4-6-17-16(10-13)22(26)20-21(14-5-7-18(30-2)19(11-14)31-3)25(24(27)23(20)32-17)15-8-9-33(28,29)12-15/h4-7,10-11,15,21H,8-9,12H2,1-3H3. The number of methoxy groups -OCH3 is 2. The highest BCUT2D eigenvalue weighted by molar-refractivity contribution is 7.91. The first-order valence-electron chi connectivity index (χ1n) is 10.6. The largest absolute Gasteiger partial charge is 0.493 e. The van der Waals surface area contributed by atoms with Crippen LogP contribution < -0.4 is 14.9 Å². The molecule has 3 aromatic rings. The quantitative estimate of drug-likeness (QED) is 0.579. The van der Waals surface area contributed by atoms with E-state index >= 15 is 0 Å². The summed E-state index contributed by atoms with van der Waals surface area (Å²) in [5, 5.41) is 0.382. The van der Waals surface area contributed by atoms with Crippen molar-refractivity contribution in [3.63, 3.8) is 0 Å². The molecule has 2 aliphatic rings. The molecular weight excluding hydrogens is 446 g/mol. The molecule has 172 valence electrons. The normalized spacial score (nSPS) is 21.4. The van der Waals surface area contributed by atoms with Gasteiger partial charge in [0.15, 0.2) is 26.8 Å². The van der Waals surface area contributed by atoms with Crippen LogP contribution in [0.2, 0.25) is 0 Å². The monoisotopic (exact) mass is 469 g/mol. The van der Waals surface area contributed by atoms with Crippen LogP contribution in [-0.2, 0) is 9.84 Å². The lowest BCUT2D eigenvalue weighted by molar-refractivity contribution is 0.0662. The van der Waals surface area contributed by atoms with Crippen LogP contribution in [0, 0.1) is 6.92 Å². The SMILES string of the molecule is COc1ccc(C2c3c(oc4ccc(C)cc4c3=O)C(=O)N2C2CCS(=O)(=O)C2)cc1OC. The minimum atomic E-state index is -3.27. The number of sulfone groups is 1. The third kappa shape index (κ3) is 3.38. The predicted molar refractivity (Wildman–Crippen MR) is 122 cm³/mol. The van der Waals surface area contributed by atoms with Gasteiger partial charge in [-0.2, -0.15) is 0 Å². The van der Waals surface area contributed by atoms with Crippen molar-refractivity contribution in [2.45, 2.75) is 25.4 Å². The van der Waals surface area contributed by atoms with E-state index in [4.69, 9.17) is 13.9 Å². The van der Waals surface area contributed by atoms with Gasteiger partial charge in [-0.1, -0.05) is 17.7 Å². The third-order valence-corrected chi connectivity index (χ3v) is 8.14. The summed E-state index contributed by atoms with van der Waals surface area (Å²) in [4.78, 5) is 28.7. The molecule has 2 atom stereocenters. The van der Waals surface area contributed by atoms with Gasteiger partial charge in [0, 0.05) is 6.04 Å². The Morgan fingerprint density at radius 3 is 2.45 bits per heavy atom. The molecule has 2 aliphatic heterocycles. The van der Waals surface area contributed by atoms with Crippen molar-refractivity contribution in [2.75, 3.05) is 25.7 Å². The second kappa shape index (κ2) is 7.62. The van der Waals surface area contributed by atoms with Gasteiger partial charge in [0.25, 0.3) is 5.91 Å². The number of carbonyl (C=O) groups is 1. The van der Waals surface area contributed by atoms with Crippen molar-refractivity contribution in [1.82, 2.24) is 4.90 Å². The van der Waals surface area contributed by atoms with Crippen LogP contribution in [0.5, 0.6) is 11.5 Å². The number of hydrogen-bond acceptors (Lipinski definition) is 7. The minimum absolute atomic E-state index is 0.00100. The molecule has 33 heavy (non-hydrogen) atoms. The number of carbonyl (C=O) groups excluding carboxylic acids is 1. The van der Waals surface area contributed by atoms with Gasteiger partial charge in [-0.3, -0.25) is 9.59 Å². The summed E-state index contributed by atoms with van der Waals surface area (Å²) < 4.78 is 41.2. The molecule has 0 N–H and O–H groups in total. The number of nitrogens with zero attached hydrogens (tertiary/aromatic N) is 1. The van der Waals surface area contributed by atoms with E-state index in [0.29, 0.717) is 34.5 Å². The predicted octanol–water partition coefficient (Wildman–Crippen LogP) is 2.85. The van der Waals surface area contributed by atoms with E-state index in [-0.39, 0.29) is 28.3 Å². The molecule has 0 saturated carbocycles. The lowest BCUT2D eigenvalue weighted by atomic mass is 9.97. The number of ether oxygens (including phenoxy) is 2. The highest BCUT2D eigenvalue weighted by Crippen LogP contribution is 2.43. The Kier molecular flexibility index (Phi) is 4.97. The van der Waals surface area contributed by atoms with Gasteiger partial charge in [-0.05, 0) is 43.2 Å². The molecule has 1 fully saturated rings. The van der Waals surface area contributed by atoms with E-state index in [1.54, 1.807) is 30.3 Å². The van der Waals surface area contributed by atoms with Crippen LogP contribution in [0.4, 0.5) is 0 Å². The number of benzene rings is 2. The average molecular weight is 470 g/mol. The summed E-state index contributed by atoms with van der Waals surface area (Å²) in [5.74, 6) is 0.271. The molecule has 8 nitrogen and oxygen atoms in total. The van der Waals surface area contributed by atoms with Gasteiger partial charge in [0.05, 0.1) is 42.7 Å². The van der Waals surface area contributed by atoms with Gasteiger partial charge in [-0.25, -0.2) is 8.42 Å². The zero-order valence-corrected chi connectivity index (χ0v) is 19.3. The lowest BCUT2D eigenvalue weighted by Crippen LogP contribution is -2.40. The Balaban J connectivity index is 1.77. The summed E-state index contributed by atoms with van der Waals surface area (Å²) in [5.41, 5.74) is 1.74. The first kappa shape index (κ1) is 21.5. The maximum Gasteiger partial charge on any atom is 0.291 e. The van der Waals surface area contributed by atoms with Crippen LogP contribution in [0.1, 0.15) is 39.7 Å². The summed E-state index contributed by atoms with van der Waals surface area (Å²) in [7, 11) is -0.254. The van der Waals surface area contributed by atoms with Crippen molar-refractivity contribution in [3.05, 3.63) is 69.1 Å².